The van der Waals surface area contributed by atoms with Gasteiger partial charge in [0.25, 0.3) is 5.91 Å². The largest absolute Gasteiger partial charge is 0.369 e. The first-order valence-corrected chi connectivity index (χ1v) is 20.7. The van der Waals surface area contributed by atoms with Gasteiger partial charge in [-0.2, -0.15) is 10.1 Å². The van der Waals surface area contributed by atoms with Gasteiger partial charge >= 0.3 is 6.03 Å². The normalized spacial score (nSPS) is 19.0. The molecule has 0 bridgehead atoms. The van der Waals surface area contributed by atoms with Crippen LogP contribution in [0.1, 0.15) is 96.8 Å². The number of fused-ring (bicyclic) bond motifs is 2. The smallest absolute Gasteiger partial charge is 0.323 e. The fourth-order valence-electron chi connectivity index (χ4n) is 8.97. The van der Waals surface area contributed by atoms with E-state index in [1.165, 1.54) is 6.42 Å². The third-order valence-electron chi connectivity index (χ3n) is 12.1. The molecule has 5 amide bonds. The van der Waals surface area contributed by atoms with E-state index in [2.05, 4.69) is 57.0 Å². The molecule has 1 saturated carbocycles. The standard InChI is InChI=1S/C42H48N12O5/c1-26-21-29(46-42(58)47-32-24-43-34-14-15-45-54(34)38(32)27-7-3-2-4-8-27)23-44-37(26)39-49-36(59-50-39)9-5-6-16-51-17-19-52(20-18-51)30-10-11-31-28(22-30)25-53(41(31)57)33-12-13-35(55)48-40(33)56/h10-11,14-15,21-24,27,33H,2-9,12-13,16-20,25H2,1H3,(H2,46,47,58)(H,48,55,56). The van der Waals surface area contributed by atoms with Crippen LogP contribution in [0.25, 0.3) is 17.2 Å². The van der Waals surface area contributed by atoms with E-state index >= 15 is 0 Å². The van der Waals surface area contributed by atoms with Crippen LogP contribution in [-0.4, -0.2) is 102 Å². The van der Waals surface area contributed by atoms with E-state index in [-0.39, 0.29) is 24.3 Å². The van der Waals surface area contributed by atoms with Gasteiger partial charge < -0.3 is 25.0 Å². The van der Waals surface area contributed by atoms with Gasteiger partial charge in [-0.1, -0.05) is 24.4 Å². The molecule has 3 N–H and O–H groups in total. The maximum Gasteiger partial charge on any atom is 0.323 e. The summed E-state index contributed by atoms with van der Waals surface area (Å²) in [7, 11) is 0. The number of piperidine rings is 1. The maximum atomic E-state index is 13.2. The van der Waals surface area contributed by atoms with Crippen molar-refractivity contribution in [3.8, 4) is 11.5 Å². The van der Waals surface area contributed by atoms with E-state index in [1.54, 1.807) is 23.5 Å². The highest BCUT2D eigenvalue weighted by atomic mass is 16.5. The van der Waals surface area contributed by atoms with Crippen molar-refractivity contribution in [2.75, 3.05) is 48.3 Å². The Morgan fingerprint density at radius 1 is 0.949 bits per heavy atom. The number of nitrogens with one attached hydrogen (secondary N) is 3. The molecule has 1 atom stereocenters. The molecule has 1 aliphatic carbocycles. The number of anilines is 3. The Kier molecular flexibility index (Phi) is 10.7. The van der Waals surface area contributed by atoms with Gasteiger partial charge in [-0.3, -0.25) is 29.6 Å². The summed E-state index contributed by atoms with van der Waals surface area (Å²) in [6.45, 7) is 6.86. The third-order valence-corrected chi connectivity index (χ3v) is 12.1. The second kappa shape index (κ2) is 16.6. The number of imide groups is 1. The number of unbranched alkanes of at least 4 members (excludes halogenated alkanes) is 1. The molecular weight excluding hydrogens is 753 g/mol. The zero-order chi connectivity index (χ0) is 40.5. The molecule has 4 aromatic heterocycles. The summed E-state index contributed by atoms with van der Waals surface area (Å²) >= 11 is 0. The van der Waals surface area contributed by atoms with Gasteiger partial charge in [0.15, 0.2) is 5.65 Å². The number of piperazine rings is 1. The van der Waals surface area contributed by atoms with Gasteiger partial charge in [-0.05, 0) is 81.0 Å². The Bertz CT molecular complexity index is 2400. The number of nitrogens with zero attached hydrogens (tertiary/aromatic N) is 9. The summed E-state index contributed by atoms with van der Waals surface area (Å²) < 4.78 is 7.44. The first-order chi connectivity index (χ1) is 28.8. The molecule has 3 fully saturated rings. The van der Waals surface area contributed by atoms with Crippen molar-refractivity contribution < 1.29 is 23.7 Å². The Labute approximate surface area is 340 Å². The Morgan fingerprint density at radius 2 is 1.80 bits per heavy atom. The predicted molar refractivity (Wildman–Crippen MR) is 218 cm³/mol. The fourth-order valence-corrected chi connectivity index (χ4v) is 8.97. The zero-order valence-electron chi connectivity index (χ0n) is 33.2. The minimum atomic E-state index is -0.611. The summed E-state index contributed by atoms with van der Waals surface area (Å²) in [5.41, 5.74) is 6.99. The molecule has 7 heterocycles. The molecule has 5 aromatic rings. The monoisotopic (exact) mass is 800 g/mol. The molecule has 2 saturated heterocycles. The second-order valence-electron chi connectivity index (χ2n) is 16.0. The van der Waals surface area contributed by atoms with Crippen molar-refractivity contribution in [2.24, 2.45) is 0 Å². The lowest BCUT2D eigenvalue weighted by atomic mass is 9.86. The van der Waals surface area contributed by atoms with Crippen molar-refractivity contribution in [2.45, 2.75) is 89.6 Å². The van der Waals surface area contributed by atoms with Crippen LogP contribution in [0.3, 0.4) is 0 Å². The highest BCUT2D eigenvalue weighted by Gasteiger charge is 2.39. The van der Waals surface area contributed by atoms with Crippen LogP contribution in [0.4, 0.5) is 21.9 Å². The van der Waals surface area contributed by atoms with E-state index in [1.807, 2.05) is 35.7 Å². The number of carbonyl (C=O) groups is 4. The Balaban J connectivity index is 0.726. The summed E-state index contributed by atoms with van der Waals surface area (Å²) in [4.78, 5) is 70.4. The van der Waals surface area contributed by atoms with Crippen LogP contribution in [0.2, 0.25) is 0 Å². The quantitative estimate of drug-likeness (QED) is 0.119. The topological polar surface area (TPSA) is 196 Å². The zero-order valence-corrected chi connectivity index (χ0v) is 33.2. The number of aromatic nitrogens is 6. The molecular formula is C42H48N12O5. The molecule has 4 aliphatic rings. The number of urea groups is 1. The molecule has 0 radical (unpaired) electrons. The molecule has 17 heteroatoms. The highest BCUT2D eigenvalue weighted by Crippen LogP contribution is 2.36. The number of aryl methyl sites for hydroxylation is 2. The SMILES string of the molecule is Cc1cc(NC(=O)Nc2cnc3ccnn3c2C2CCCCC2)cnc1-c1noc(CCCCN2CCN(c3ccc4c(c3)CN(C3CCC(=O)NC3=O)C4=O)CC2)n1. The lowest BCUT2D eigenvalue weighted by Crippen LogP contribution is -2.52. The van der Waals surface area contributed by atoms with Gasteiger partial charge in [-0.15, -0.1) is 0 Å². The van der Waals surface area contributed by atoms with Gasteiger partial charge in [0.1, 0.15) is 11.7 Å². The number of rotatable bonds is 11. The molecule has 17 nitrogen and oxygen atoms in total. The Hall–Kier alpha value is -6.23. The van der Waals surface area contributed by atoms with Gasteiger partial charge in [0.2, 0.25) is 23.5 Å². The molecule has 59 heavy (non-hydrogen) atoms. The van der Waals surface area contributed by atoms with Crippen molar-refractivity contribution in [1.82, 2.24) is 44.8 Å². The maximum absolute atomic E-state index is 13.2. The summed E-state index contributed by atoms with van der Waals surface area (Å²) in [5, 5.41) is 17.0. The van der Waals surface area contributed by atoms with Crippen LogP contribution in [-0.2, 0) is 22.6 Å². The molecule has 9 rings (SSSR count). The molecule has 306 valence electrons. The number of carbonyl (C=O) groups excluding carboxylic acids is 4. The predicted octanol–water partition coefficient (Wildman–Crippen LogP) is 5.08. The van der Waals surface area contributed by atoms with E-state index < -0.39 is 11.9 Å². The van der Waals surface area contributed by atoms with Gasteiger partial charge in [0, 0.05) is 68.8 Å². The van der Waals surface area contributed by atoms with E-state index in [4.69, 9.17) is 4.52 Å². The number of benzene rings is 1. The van der Waals surface area contributed by atoms with Crippen molar-refractivity contribution >= 4 is 46.5 Å². The van der Waals surface area contributed by atoms with E-state index in [9.17, 15) is 19.2 Å². The van der Waals surface area contributed by atoms with Gasteiger partial charge in [-0.25, -0.2) is 14.3 Å². The average Bonchev–Trinajstić information content (AvgIpc) is 3.99. The molecule has 1 aromatic carbocycles. The summed E-state index contributed by atoms with van der Waals surface area (Å²) in [6.07, 6.45) is 13.9. The van der Waals surface area contributed by atoms with Crippen LogP contribution in [0.5, 0.6) is 0 Å². The molecule has 1 unspecified atom stereocenters. The molecule has 0 spiro atoms. The Morgan fingerprint density at radius 3 is 2.61 bits per heavy atom. The number of hydrogen-bond donors (Lipinski definition) is 3. The summed E-state index contributed by atoms with van der Waals surface area (Å²) in [6, 6.07) is 8.66. The second-order valence-corrected chi connectivity index (χ2v) is 16.0. The van der Waals surface area contributed by atoms with Crippen LogP contribution < -0.4 is 20.9 Å². The number of hydrogen-bond acceptors (Lipinski definition) is 12. The first-order valence-electron chi connectivity index (χ1n) is 20.7. The van der Waals surface area contributed by atoms with Crippen molar-refractivity contribution in [1.29, 1.82) is 0 Å². The lowest BCUT2D eigenvalue weighted by Gasteiger charge is -2.36. The highest BCUT2D eigenvalue weighted by molar-refractivity contribution is 6.05. The first kappa shape index (κ1) is 38.3. The number of amides is 5. The lowest BCUT2D eigenvalue weighted by molar-refractivity contribution is -0.136. The van der Waals surface area contributed by atoms with Crippen molar-refractivity contribution in [3.63, 3.8) is 0 Å². The van der Waals surface area contributed by atoms with Crippen molar-refractivity contribution in [3.05, 3.63) is 77.2 Å². The third kappa shape index (κ3) is 8.11. The minimum Gasteiger partial charge on any atom is -0.369 e. The van der Waals surface area contributed by atoms with Crippen LogP contribution in [0.15, 0.2) is 53.4 Å². The van der Waals surface area contributed by atoms with Gasteiger partial charge in [0.05, 0.1) is 35.7 Å². The molecule has 3 aliphatic heterocycles. The van der Waals surface area contributed by atoms with Crippen LogP contribution in [0, 0.1) is 6.92 Å². The van der Waals surface area contributed by atoms with E-state index in [0.29, 0.717) is 59.7 Å². The fraction of sp³-hybridized carbons (Fsp3) is 0.452. The average molecular weight is 801 g/mol. The number of pyridine rings is 1. The summed E-state index contributed by atoms with van der Waals surface area (Å²) in [5.74, 6) is 0.454. The van der Waals surface area contributed by atoms with E-state index in [0.717, 1.165) is 99.4 Å². The van der Waals surface area contributed by atoms with Crippen LogP contribution >= 0.6 is 0 Å². The minimum absolute atomic E-state index is 0.152.